The molecule has 5 rings (SSSR count). The van der Waals surface area contributed by atoms with Crippen molar-refractivity contribution >= 4 is 43.6 Å². The van der Waals surface area contributed by atoms with E-state index in [2.05, 4.69) is 17.1 Å². The standard InChI is InChI=1S/C22H16N2O2S2/c25-28(26,17-9-2-1-3-10-17)24-15-21(18-11-5-7-13-20(18)24)27-22-14-16-8-4-6-12-19(16)23-22/h1-15,23H. The predicted octanol–water partition coefficient (Wildman–Crippen LogP) is 5.51. The van der Waals surface area contributed by atoms with Crippen LogP contribution >= 0.6 is 11.8 Å². The molecule has 0 aliphatic heterocycles. The van der Waals surface area contributed by atoms with Gasteiger partial charge in [0.1, 0.15) is 0 Å². The van der Waals surface area contributed by atoms with E-state index >= 15 is 0 Å². The van der Waals surface area contributed by atoms with Gasteiger partial charge in [0.25, 0.3) is 10.0 Å². The number of hydrogen-bond donors (Lipinski definition) is 1. The van der Waals surface area contributed by atoms with Gasteiger partial charge in [-0.25, -0.2) is 12.4 Å². The number of aromatic nitrogens is 2. The fraction of sp³-hybridized carbons (Fsp3) is 0. The molecule has 0 saturated carbocycles. The molecule has 0 unspecified atom stereocenters. The summed E-state index contributed by atoms with van der Waals surface area (Å²) < 4.78 is 27.8. The first-order valence-corrected chi connectivity index (χ1v) is 11.0. The molecule has 1 N–H and O–H groups in total. The number of para-hydroxylation sites is 2. The lowest BCUT2D eigenvalue weighted by Crippen LogP contribution is -2.11. The van der Waals surface area contributed by atoms with Crippen molar-refractivity contribution in [2.24, 2.45) is 0 Å². The lowest BCUT2D eigenvalue weighted by molar-refractivity contribution is 0.589. The van der Waals surface area contributed by atoms with Crippen molar-refractivity contribution < 1.29 is 8.42 Å². The van der Waals surface area contributed by atoms with Gasteiger partial charge in [-0.1, -0.05) is 66.4 Å². The molecule has 0 saturated heterocycles. The Bertz CT molecular complexity index is 1370. The summed E-state index contributed by atoms with van der Waals surface area (Å²) in [5.74, 6) is 0. The van der Waals surface area contributed by atoms with Crippen LogP contribution in [-0.4, -0.2) is 17.4 Å². The van der Waals surface area contributed by atoms with Crippen LogP contribution in [0.3, 0.4) is 0 Å². The highest BCUT2D eigenvalue weighted by atomic mass is 32.2. The molecule has 0 bridgehead atoms. The van der Waals surface area contributed by atoms with Gasteiger partial charge in [-0.05, 0) is 30.3 Å². The van der Waals surface area contributed by atoms with Crippen LogP contribution in [0.5, 0.6) is 0 Å². The number of fused-ring (bicyclic) bond motifs is 2. The van der Waals surface area contributed by atoms with Crippen LogP contribution in [0.4, 0.5) is 0 Å². The molecule has 0 fully saturated rings. The summed E-state index contributed by atoms with van der Waals surface area (Å²) in [7, 11) is -3.67. The zero-order valence-electron chi connectivity index (χ0n) is 14.7. The molecule has 0 radical (unpaired) electrons. The molecule has 2 aromatic heterocycles. The first kappa shape index (κ1) is 17.2. The number of hydrogen-bond acceptors (Lipinski definition) is 3. The molecule has 6 heteroatoms. The zero-order valence-corrected chi connectivity index (χ0v) is 16.4. The van der Waals surface area contributed by atoms with E-state index in [0.717, 1.165) is 26.2 Å². The van der Waals surface area contributed by atoms with E-state index in [4.69, 9.17) is 0 Å². The van der Waals surface area contributed by atoms with Crippen molar-refractivity contribution in [2.75, 3.05) is 0 Å². The highest BCUT2D eigenvalue weighted by Crippen LogP contribution is 2.37. The number of H-pyrrole nitrogens is 1. The third-order valence-corrected chi connectivity index (χ3v) is 7.34. The van der Waals surface area contributed by atoms with Gasteiger partial charge in [0, 0.05) is 27.4 Å². The van der Waals surface area contributed by atoms with E-state index in [9.17, 15) is 8.42 Å². The molecule has 3 aromatic carbocycles. The summed E-state index contributed by atoms with van der Waals surface area (Å²) in [6.07, 6.45) is 1.71. The van der Waals surface area contributed by atoms with Gasteiger partial charge >= 0.3 is 0 Å². The van der Waals surface area contributed by atoms with Crippen LogP contribution in [-0.2, 0) is 10.0 Å². The number of nitrogens with one attached hydrogen (secondary N) is 1. The molecule has 0 aliphatic rings. The molecule has 5 aromatic rings. The van der Waals surface area contributed by atoms with Gasteiger partial charge in [0.15, 0.2) is 0 Å². The quantitative estimate of drug-likeness (QED) is 0.430. The summed E-state index contributed by atoms with van der Waals surface area (Å²) in [4.78, 5) is 4.56. The Morgan fingerprint density at radius 2 is 1.54 bits per heavy atom. The Morgan fingerprint density at radius 1 is 0.821 bits per heavy atom. The van der Waals surface area contributed by atoms with Crippen molar-refractivity contribution in [3.63, 3.8) is 0 Å². The predicted molar refractivity (Wildman–Crippen MR) is 113 cm³/mol. The first-order chi connectivity index (χ1) is 13.6. The van der Waals surface area contributed by atoms with Gasteiger partial charge < -0.3 is 4.98 Å². The third-order valence-electron chi connectivity index (χ3n) is 4.67. The van der Waals surface area contributed by atoms with Crippen molar-refractivity contribution in [1.29, 1.82) is 0 Å². The Morgan fingerprint density at radius 3 is 2.36 bits per heavy atom. The number of benzene rings is 3. The van der Waals surface area contributed by atoms with Crippen molar-refractivity contribution in [3.05, 3.63) is 91.1 Å². The van der Waals surface area contributed by atoms with Crippen LogP contribution in [0.25, 0.3) is 21.8 Å². The van der Waals surface area contributed by atoms with E-state index < -0.39 is 10.0 Å². The summed E-state index contributed by atoms with van der Waals surface area (Å²) >= 11 is 1.53. The summed E-state index contributed by atoms with van der Waals surface area (Å²) in [5.41, 5.74) is 1.73. The number of nitrogens with zero attached hydrogens (tertiary/aromatic N) is 1. The second-order valence-corrected chi connectivity index (χ2v) is 9.35. The van der Waals surface area contributed by atoms with E-state index in [1.165, 1.54) is 15.7 Å². The first-order valence-electron chi connectivity index (χ1n) is 8.79. The maximum atomic E-state index is 13.2. The van der Waals surface area contributed by atoms with Crippen LogP contribution < -0.4 is 0 Å². The fourth-order valence-corrected chi connectivity index (χ4v) is 5.81. The highest BCUT2D eigenvalue weighted by Gasteiger charge is 2.21. The van der Waals surface area contributed by atoms with Crippen LogP contribution in [0, 0.1) is 0 Å². The average Bonchev–Trinajstić information content (AvgIpc) is 3.30. The second kappa shape index (κ2) is 6.58. The van der Waals surface area contributed by atoms with E-state index in [-0.39, 0.29) is 4.90 Å². The molecule has 0 atom stereocenters. The minimum Gasteiger partial charge on any atom is -0.349 e. The van der Waals surface area contributed by atoms with Gasteiger partial charge in [-0.3, -0.25) is 0 Å². The molecule has 0 spiro atoms. The Balaban J connectivity index is 1.65. The molecule has 0 amide bonds. The topological polar surface area (TPSA) is 54.9 Å². The van der Waals surface area contributed by atoms with E-state index in [0.29, 0.717) is 5.52 Å². The summed E-state index contributed by atoms with van der Waals surface area (Å²) in [5, 5.41) is 3.01. The third kappa shape index (κ3) is 2.82. The lowest BCUT2D eigenvalue weighted by atomic mass is 10.2. The van der Waals surface area contributed by atoms with Crippen LogP contribution in [0.1, 0.15) is 0 Å². The molecule has 138 valence electrons. The van der Waals surface area contributed by atoms with Crippen molar-refractivity contribution in [3.8, 4) is 0 Å². The van der Waals surface area contributed by atoms with E-state index in [1.807, 2.05) is 48.5 Å². The molecule has 2 heterocycles. The van der Waals surface area contributed by atoms with Crippen molar-refractivity contribution in [2.45, 2.75) is 14.8 Å². The zero-order chi connectivity index (χ0) is 19.1. The Kier molecular flexibility index (Phi) is 4.03. The molecular weight excluding hydrogens is 388 g/mol. The number of aromatic amines is 1. The fourth-order valence-electron chi connectivity index (χ4n) is 3.33. The monoisotopic (exact) mass is 404 g/mol. The highest BCUT2D eigenvalue weighted by molar-refractivity contribution is 7.99. The van der Waals surface area contributed by atoms with Crippen molar-refractivity contribution in [1.82, 2.24) is 8.96 Å². The smallest absolute Gasteiger partial charge is 0.268 e. The van der Waals surface area contributed by atoms with Crippen LogP contribution in [0.2, 0.25) is 0 Å². The molecular formula is C22H16N2O2S2. The second-order valence-electron chi connectivity index (χ2n) is 6.45. The average molecular weight is 405 g/mol. The van der Waals surface area contributed by atoms with Crippen LogP contribution in [0.15, 0.2) is 106 Å². The van der Waals surface area contributed by atoms with Gasteiger partial charge in [0.05, 0.1) is 15.4 Å². The summed E-state index contributed by atoms with van der Waals surface area (Å²) in [6.45, 7) is 0. The lowest BCUT2D eigenvalue weighted by Gasteiger charge is -2.07. The maximum absolute atomic E-state index is 13.2. The molecule has 28 heavy (non-hydrogen) atoms. The van der Waals surface area contributed by atoms with E-state index in [1.54, 1.807) is 30.5 Å². The molecule has 4 nitrogen and oxygen atoms in total. The van der Waals surface area contributed by atoms with Gasteiger partial charge in [-0.2, -0.15) is 0 Å². The SMILES string of the molecule is O=S(=O)(c1ccccc1)n1cc(Sc2cc3ccccc3[nH]2)c2ccccc21. The Labute approximate surface area is 166 Å². The minimum absolute atomic E-state index is 0.276. The normalized spacial score (nSPS) is 12.0. The number of rotatable bonds is 4. The minimum atomic E-state index is -3.67. The largest absolute Gasteiger partial charge is 0.349 e. The maximum Gasteiger partial charge on any atom is 0.268 e. The Hall–Kier alpha value is -2.96. The van der Waals surface area contributed by atoms with Gasteiger partial charge in [0.2, 0.25) is 0 Å². The summed E-state index contributed by atoms with van der Waals surface area (Å²) in [6, 6.07) is 26.3. The molecule has 0 aliphatic carbocycles. The van der Waals surface area contributed by atoms with Gasteiger partial charge in [-0.15, -0.1) is 0 Å².